The fraction of sp³-hybridized carbons (Fsp3) is 0.333. The highest BCUT2D eigenvalue weighted by atomic mass is 16.1. The van der Waals surface area contributed by atoms with Gasteiger partial charge in [0.25, 0.3) is 0 Å². The van der Waals surface area contributed by atoms with E-state index in [2.05, 4.69) is 43.4 Å². The molecule has 0 bridgehead atoms. The van der Waals surface area contributed by atoms with E-state index in [1.807, 2.05) is 24.3 Å². The van der Waals surface area contributed by atoms with Gasteiger partial charge in [0, 0.05) is 30.1 Å². The summed E-state index contributed by atoms with van der Waals surface area (Å²) in [6.45, 7) is 5.75. The Kier molecular flexibility index (Phi) is 6.30. The smallest absolute Gasteiger partial charge is 0.162 e. The largest absolute Gasteiger partial charge is 0.379 e. The lowest BCUT2D eigenvalue weighted by atomic mass is 10.0. The summed E-state index contributed by atoms with van der Waals surface area (Å²) in [6, 6.07) is 16.2. The van der Waals surface area contributed by atoms with Crippen LogP contribution < -0.4 is 5.32 Å². The second kappa shape index (κ2) is 8.44. The molecular weight excluding hydrogens is 298 g/mol. The standard InChI is InChI=1S/C21H25NO2/c1-15-7-9-18(10-8-15)17(3)22-20-13-11-19(12-14-20)21(24)6-4-5-16(2)23/h7-14,17,22H,4-6H2,1-3H3. The molecule has 1 unspecified atom stereocenters. The Morgan fingerprint density at radius 1 is 0.958 bits per heavy atom. The number of ketones is 2. The summed E-state index contributed by atoms with van der Waals surface area (Å²) in [5.74, 6) is 0.224. The van der Waals surface area contributed by atoms with Crippen LogP contribution in [-0.4, -0.2) is 11.6 Å². The Morgan fingerprint density at radius 3 is 2.17 bits per heavy atom. The van der Waals surface area contributed by atoms with E-state index >= 15 is 0 Å². The normalized spacial score (nSPS) is 11.8. The average molecular weight is 323 g/mol. The highest BCUT2D eigenvalue weighted by Gasteiger charge is 2.08. The second-order valence-electron chi connectivity index (χ2n) is 6.33. The fourth-order valence-electron chi connectivity index (χ4n) is 2.58. The van der Waals surface area contributed by atoms with Gasteiger partial charge in [-0.3, -0.25) is 4.79 Å². The zero-order valence-corrected chi connectivity index (χ0v) is 14.6. The maximum absolute atomic E-state index is 12.1. The van der Waals surface area contributed by atoms with E-state index in [-0.39, 0.29) is 17.6 Å². The first kappa shape index (κ1) is 17.9. The van der Waals surface area contributed by atoms with Crippen LogP contribution in [0.15, 0.2) is 48.5 Å². The summed E-state index contributed by atoms with van der Waals surface area (Å²) in [5.41, 5.74) is 4.17. The van der Waals surface area contributed by atoms with Gasteiger partial charge in [-0.05, 0) is 57.0 Å². The van der Waals surface area contributed by atoms with Crippen LogP contribution in [0.4, 0.5) is 5.69 Å². The van der Waals surface area contributed by atoms with Gasteiger partial charge in [0.05, 0.1) is 0 Å². The van der Waals surface area contributed by atoms with Crippen molar-refractivity contribution in [2.75, 3.05) is 5.32 Å². The van der Waals surface area contributed by atoms with E-state index in [0.29, 0.717) is 24.8 Å². The number of hydrogen-bond acceptors (Lipinski definition) is 3. The first-order chi connectivity index (χ1) is 11.5. The van der Waals surface area contributed by atoms with Crippen molar-refractivity contribution in [2.24, 2.45) is 0 Å². The molecule has 24 heavy (non-hydrogen) atoms. The minimum atomic E-state index is 0.0920. The van der Waals surface area contributed by atoms with Crippen molar-refractivity contribution in [2.45, 2.75) is 46.1 Å². The van der Waals surface area contributed by atoms with Crippen LogP contribution in [0.5, 0.6) is 0 Å². The zero-order valence-electron chi connectivity index (χ0n) is 14.6. The highest BCUT2D eigenvalue weighted by molar-refractivity contribution is 5.96. The Bertz CT molecular complexity index is 687. The molecule has 1 N–H and O–H groups in total. The van der Waals surface area contributed by atoms with Gasteiger partial charge in [0.1, 0.15) is 5.78 Å². The minimum Gasteiger partial charge on any atom is -0.379 e. The molecule has 0 aliphatic rings. The van der Waals surface area contributed by atoms with Crippen LogP contribution in [0.1, 0.15) is 60.6 Å². The van der Waals surface area contributed by atoms with Crippen molar-refractivity contribution < 1.29 is 9.59 Å². The van der Waals surface area contributed by atoms with Crippen LogP contribution in [0.3, 0.4) is 0 Å². The summed E-state index contributed by atoms with van der Waals surface area (Å²) in [4.78, 5) is 23.0. The lowest BCUT2D eigenvalue weighted by molar-refractivity contribution is -0.117. The Balaban J connectivity index is 1.92. The number of rotatable bonds is 8. The van der Waals surface area contributed by atoms with Gasteiger partial charge in [0.2, 0.25) is 0 Å². The third-order valence-electron chi connectivity index (χ3n) is 4.10. The van der Waals surface area contributed by atoms with Gasteiger partial charge in [0.15, 0.2) is 5.78 Å². The van der Waals surface area contributed by atoms with E-state index in [1.54, 1.807) is 6.92 Å². The summed E-state index contributed by atoms with van der Waals surface area (Å²) in [7, 11) is 0. The predicted octanol–water partition coefficient (Wildman–Crippen LogP) is 5.11. The van der Waals surface area contributed by atoms with Gasteiger partial charge >= 0.3 is 0 Å². The molecule has 2 rings (SSSR count). The monoisotopic (exact) mass is 323 g/mol. The number of hydrogen-bond donors (Lipinski definition) is 1. The van der Waals surface area contributed by atoms with Crippen LogP contribution in [0.2, 0.25) is 0 Å². The SMILES string of the molecule is CC(=O)CCCC(=O)c1ccc(NC(C)c2ccc(C)cc2)cc1. The lowest BCUT2D eigenvalue weighted by Crippen LogP contribution is -2.07. The summed E-state index contributed by atoms with van der Waals surface area (Å²) in [6.07, 6.45) is 1.52. The number of nitrogens with one attached hydrogen (secondary N) is 1. The molecule has 0 aliphatic heterocycles. The molecule has 2 aromatic rings. The second-order valence-corrected chi connectivity index (χ2v) is 6.33. The topological polar surface area (TPSA) is 46.2 Å². The molecule has 0 saturated carbocycles. The molecule has 3 nitrogen and oxygen atoms in total. The molecule has 0 radical (unpaired) electrons. The molecule has 3 heteroatoms. The van der Waals surface area contributed by atoms with Crippen molar-refractivity contribution >= 4 is 17.3 Å². The maximum Gasteiger partial charge on any atom is 0.162 e. The van der Waals surface area contributed by atoms with Gasteiger partial charge in [-0.1, -0.05) is 29.8 Å². The van der Waals surface area contributed by atoms with Crippen molar-refractivity contribution in [3.8, 4) is 0 Å². The number of aryl methyl sites for hydroxylation is 1. The van der Waals surface area contributed by atoms with Crippen LogP contribution in [-0.2, 0) is 4.79 Å². The molecule has 0 heterocycles. The molecule has 2 aromatic carbocycles. The van der Waals surface area contributed by atoms with E-state index in [0.717, 1.165) is 5.69 Å². The van der Waals surface area contributed by atoms with Crippen LogP contribution >= 0.6 is 0 Å². The summed E-state index contributed by atoms with van der Waals surface area (Å²) in [5, 5.41) is 3.45. The van der Waals surface area contributed by atoms with Gasteiger partial charge < -0.3 is 10.1 Å². The molecule has 0 aromatic heterocycles. The van der Waals surface area contributed by atoms with Gasteiger partial charge in [-0.15, -0.1) is 0 Å². The average Bonchev–Trinajstić information content (AvgIpc) is 2.55. The van der Waals surface area contributed by atoms with E-state index in [1.165, 1.54) is 11.1 Å². The number of benzene rings is 2. The van der Waals surface area contributed by atoms with E-state index in [9.17, 15) is 9.59 Å². The minimum absolute atomic E-state index is 0.0920. The Morgan fingerprint density at radius 2 is 1.58 bits per heavy atom. The fourth-order valence-corrected chi connectivity index (χ4v) is 2.58. The third kappa shape index (κ3) is 5.34. The van der Waals surface area contributed by atoms with E-state index in [4.69, 9.17) is 0 Å². The maximum atomic E-state index is 12.1. The Labute approximate surface area is 144 Å². The molecule has 0 amide bonds. The predicted molar refractivity (Wildman–Crippen MR) is 98.5 cm³/mol. The summed E-state index contributed by atoms with van der Waals surface area (Å²) < 4.78 is 0. The number of anilines is 1. The number of Topliss-reactive ketones (excluding diaryl/α,β-unsaturated/α-hetero) is 2. The lowest BCUT2D eigenvalue weighted by Gasteiger charge is -2.16. The van der Waals surface area contributed by atoms with Crippen molar-refractivity contribution in [1.82, 2.24) is 0 Å². The highest BCUT2D eigenvalue weighted by Crippen LogP contribution is 2.20. The van der Waals surface area contributed by atoms with Crippen molar-refractivity contribution in [3.63, 3.8) is 0 Å². The molecular formula is C21H25NO2. The third-order valence-corrected chi connectivity index (χ3v) is 4.10. The first-order valence-electron chi connectivity index (χ1n) is 8.41. The quantitative estimate of drug-likeness (QED) is 0.687. The van der Waals surface area contributed by atoms with E-state index < -0.39 is 0 Å². The Hall–Kier alpha value is -2.42. The van der Waals surface area contributed by atoms with Crippen molar-refractivity contribution in [1.29, 1.82) is 0 Å². The zero-order chi connectivity index (χ0) is 17.5. The molecule has 0 saturated heterocycles. The van der Waals surface area contributed by atoms with Gasteiger partial charge in [-0.2, -0.15) is 0 Å². The first-order valence-corrected chi connectivity index (χ1v) is 8.41. The molecule has 0 spiro atoms. The van der Waals surface area contributed by atoms with Crippen LogP contribution in [0, 0.1) is 6.92 Å². The van der Waals surface area contributed by atoms with Gasteiger partial charge in [-0.25, -0.2) is 0 Å². The summed E-state index contributed by atoms with van der Waals surface area (Å²) >= 11 is 0. The molecule has 0 fully saturated rings. The molecule has 1 atom stereocenters. The molecule has 126 valence electrons. The van der Waals surface area contributed by atoms with Crippen LogP contribution in [0.25, 0.3) is 0 Å². The number of carbonyl (C=O) groups is 2. The van der Waals surface area contributed by atoms with Crippen molar-refractivity contribution in [3.05, 3.63) is 65.2 Å². The number of carbonyl (C=O) groups excluding carboxylic acids is 2. The molecule has 0 aliphatic carbocycles.